The average Bonchev–Trinajstić information content (AvgIpc) is 3.13. The fraction of sp³-hybridized carbons (Fsp3) is 0.333. The highest BCUT2D eigenvalue weighted by atomic mass is 16.3. The lowest BCUT2D eigenvalue weighted by atomic mass is 10.3. The molecule has 0 aliphatic rings. The molecule has 0 radical (unpaired) electrons. The summed E-state index contributed by atoms with van der Waals surface area (Å²) in [6.45, 7) is 2.93. The third-order valence-electron chi connectivity index (χ3n) is 3.30. The van der Waals surface area contributed by atoms with Crippen LogP contribution < -0.4 is 10.2 Å². The van der Waals surface area contributed by atoms with Gasteiger partial charge in [-0.3, -0.25) is 19.3 Å². The number of ketones is 1. The largest absolute Gasteiger partial charge is 0.467 e. The number of rotatable bonds is 6. The smallest absolute Gasteiger partial charge is 0.240 e. The Morgan fingerprint density at radius 2 is 2.09 bits per heavy atom. The van der Waals surface area contributed by atoms with Crippen molar-refractivity contribution in [2.75, 3.05) is 11.9 Å². The molecular formula is C15H18N4O4. The van der Waals surface area contributed by atoms with Gasteiger partial charge in [0, 0.05) is 20.9 Å². The maximum atomic E-state index is 12.0. The highest BCUT2D eigenvalue weighted by Crippen LogP contribution is 2.18. The Morgan fingerprint density at radius 3 is 2.65 bits per heavy atom. The Labute approximate surface area is 133 Å². The molecule has 2 amide bonds. The molecule has 23 heavy (non-hydrogen) atoms. The fourth-order valence-corrected chi connectivity index (χ4v) is 2.06. The minimum atomic E-state index is -0.293. The third-order valence-corrected chi connectivity index (χ3v) is 3.30. The summed E-state index contributed by atoms with van der Waals surface area (Å²) in [4.78, 5) is 40.7. The number of amides is 2. The molecule has 0 saturated heterocycles. The van der Waals surface area contributed by atoms with Crippen LogP contribution in [0, 0.1) is 0 Å². The first-order valence-corrected chi connectivity index (χ1v) is 6.99. The molecule has 0 atom stereocenters. The Hall–Kier alpha value is -2.90. The van der Waals surface area contributed by atoms with E-state index in [0.29, 0.717) is 5.76 Å². The lowest BCUT2D eigenvalue weighted by Crippen LogP contribution is -2.29. The summed E-state index contributed by atoms with van der Waals surface area (Å²) in [5, 5.41) is 2.69. The van der Waals surface area contributed by atoms with Crippen molar-refractivity contribution >= 4 is 23.4 Å². The van der Waals surface area contributed by atoms with E-state index in [-0.39, 0.29) is 42.2 Å². The molecule has 8 heteroatoms. The van der Waals surface area contributed by atoms with Crippen molar-refractivity contribution in [3.8, 4) is 0 Å². The highest BCUT2D eigenvalue weighted by Gasteiger charge is 2.21. The predicted molar refractivity (Wildman–Crippen MR) is 81.9 cm³/mol. The van der Waals surface area contributed by atoms with Gasteiger partial charge < -0.3 is 14.3 Å². The number of hydrogen-bond donors (Lipinski definition) is 1. The minimum absolute atomic E-state index is 0.0750. The second-order valence-corrected chi connectivity index (χ2v) is 5.03. The summed E-state index contributed by atoms with van der Waals surface area (Å²) in [6.07, 6.45) is 2.90. The van der Waals surface area contributed by atoms with Gasteiger partial charge in [0.05, 0.1) is 19.1 Å². The van der Waals surface area contributed by atoms with Crippen LogP contribution in [0.1, 0.15) is 30.1 Å². The van der Waals surface area contributed by atoms with Crippen LogP contribution in [0.4, 0.5) is 5.82 Å². The number of carbonyl (C=O) groups excluding carboxylic acids is 3. The van der Waals surface area contributed by atoms with Gasteiger partial charge in [-0.05, 0) is 12.1 Å². The number of imidazole rings is 1. The predicted octanol–water partition coefficient (Wildman–Crippen LogP) is 0.978. The molecule has 2 heterocycles. The van der Waals surface area contributed by atoms with Crippen molar-refractivity contribution in [1.29, 1.82) is 0 Å². The summed E-state index contributed by atoms with van der Waals surface area (Å²) in [5.41, 5.74) is 0.218. The quantitative estimate of drug-likeness (QED) is 0.801. The molecule has 0 aliphatic heterocycles. The molecule has 8 nitrogen and oxygen atoms in total. The van der Waals surface area contributed by atoms with Crippen molar-refractivity contribution in [2.24, 2.45) is 0 Å². The van der Waals surface area contributed by atoms with E-state index < -0.39 is 0 Å². The van der Waals surface area contributed by atoms with E-state index in [1.165, 1.54) is 43.0 Å². The Kier molecular flexibility index (Phi) is 4.95. The topological polar surface area (TPSA) is 97.4 Å². The Balaban J connectivity index is 2.11. The number of nitrogens with zero attached hydrogens (tertiary/aromatic N) is 3. The number of anilines is 1. The number of furan rings is 1. The summed E-state index contributed by atoms with van der Waals surface area (Å²) in [7, 11) is 1.53. The fourth-order valence-electron chi connectivity index (χ4n) is 2.06. The third kappa shape index (κ3) is 3.85. The molecule has 0 bridgehead atoms. The number of carbonyl (C=O) groups is 3. The number of nitrogens with one attached hydrogen (secondary N) is 1. The van der Waals surface area contributed by atoms with E-state index in [0.717, 1.165) is 0 Å². The van der Waals surface area contributed by atoms with Crippen LogP contribution in [0.15, 0.2) is 29.1 Å². The zero-order valence-electron chi connectivity index (χ0n) is 13.2. The number of hydrogen-bond acceptors (Lipinski definition) is 5. The molecule has 0 fully saturated rings. The average molecular weight is 318 g/mol. The van der Waals surface area contributed by atoms with E-state index in [1.807, 2.05) is 0 Å². The van der Waals surface area contributed by atoms with Crippen LogP contribution in [0.5, 0.6) is 0 Å². The molecule has 2 rings (SSSR count). The molecular weight excluding hydrogens is 300 g/mol. The first-order valence-electron chi connectivity index (χ1n) is 6.99. The van der Waals surface area contributed by atoms with Gasteiger partial charge in [-0.2, -0.15) is 0 Å². The minimum Gasteiger partial charge on any atom is -0.467 e. The first-order chi connectivity index (χ1) is 10.9. The zero-order valence-corrected chi connectivity index (χ0v) is 13.2. The van der Waals surface area contributed by atoms with Crippen molar-refractivity contribution in [3.63, 3.8) is 0 Å². The molecule has 0 aliphatic carbocycles. The van der Waals surface area contributed by atoms with Gasteiger partial charge in [-0.15, -0.1) is 0 Å². The van der Waals surface area contributed by atoms with Gasteiger partial charge in [0.2, 0.25) is 11.8 Å². The maximum absolute atomic E-state index is 12.0. The van der Waals surface area contributed by atoms with Gasteiger partial charge in [0.1, 0.15) is 18.0 Å². The molecule has 0 spiro atoms. The number of Topliss-reactive ketones (excluding diaryl/α,β-unsaturated/α-hetero) is 1. The number of aromatic nitrogens is 2. The molecule has 2 aromatic heterocycles. The van der Waals surface area contributed by atoms with Crippen LogP contribution in [0.25, 0.3) is 0 Å². The van der Waals surface area contributed by atoms with Crippen LogP contribution in [-0.2, 0) is 22.7 Å². The van der Waals surface area contributed by atoms with Gasteiger partial charge >= 0.3 is 0 Å². The van der Waals surface area contributed by atoms with Gasteiger partial charge in [0.15, 0.2) is 11.6 Å². The van der Waals surface area contributed by atoms with Crippen LogP contribution in [0.2, 0.25) is 0 Å². The Morgan fingerprint density at radius 1 is 1.35 bits per heavy atom. The van der Waals surface area contributed by atoms with Gasteiger partial charge in [-0.1, -0.05) is 0 Å². The van der Waals surface area contributed by atoms with Crippen molar-refractivity contribution < 1.29 is 18.8 Å². The summed E-state index contributed by atoms with van der Waals surface area (Å²) >= 11 is 0. The van der Waals surface area contributed by atoms with E-state index in [1.54, 1.807) is 12.1 Å². The van der Waals surface area contributed by atoms with Crippen LogP contribution in [-0.4, -0.2) is 34.2 Å². The molecule has 0 unspecified atom stereocenters. The molecule has 122 valence electrons. The summed E-state index contributed by atoms with van der Waals surface area (Å²) in [6, 6.07) is 3.48. The van der Waals surface area contributed by atoms with Crippen molar-refractivity contribution in [3.05, 3.63) is 36.2 Å². The van der Waals surface area contributed by atoms with E-state index >= 15 is 0 Å². The second-order valence-electron chi connectivity index (χ2n) is 5.03. The van der Waals surface area contributed by atoms with Gasteiger partial charge in [-0.25, -0.2) is 4.98 Å². The van der Waals surface area contributed by atoms with E-state index in [2.05, 4.69) is 10.3 Å². The van der Waals surface area contributed by atoms with Crippen LogP contribution >= 0.6 is 0 Å². The van der Waals surface area contributed by atoms with E-state index in [9.17, 15) is 14.4 Å². The molecule has 2 aromatic rings. The Bertz CT molecular complexity index is 718. The molecule has 0 saturated carbocycles. The lowest BCUT2D eigenvalue weighted by molar-refractivity contribution is -0.122. The molecule has 1 N–H and O–H groups in total. The summed E-state index contributed by atoms with van der Waals surface area (Å²) < 4.78 is 6.55. The zero-order chi connectivity index (χ0) is 17.0. The normalized spacial score (nSPS) is 10.4. The van der Waals surface area contributed by atoms with E-state index in [4.69, 9.17) is 4.42 Å². The maximum Gasteiger partial charge on any atom is 0.240 e. The monoisotopic (exact) mass is 318 g/mol. The van der Waals surface area contributed by atoms with Crippen LogP contribution in [0.3, 0.4) is 0 Å². The standard InChI is InChI=1S/C15H18N4O4/c1-10(20)14-15(18(3)11(2)21)17-9-19(14)8-13(22)16-7-12-5-4-6-23-12/h4-6,9H,7-8H2,1-3H3,(H,16,22). The SMILES string of the molecule is CC(=O)c1c(N(C)C(C)=O)ncn1CC(=O)NCc1ccco1. The van der Waals surface area contributed by atoms with Gasteiger partial charge in [0.25, 0.3) is 0 Å². The summed E-state index contributed by atoms with van der Waals surface area (Å²) in [5.74, 6) is 0.0550. The molecule has 0 aromatic carbocycles. The lowest BCUT2D eigenvalue weighted by Gasteiger charge is -2.14. The first kappa shape index (κ1) is 16.5. The van der Waals surface area contributed by atoms with Crippen molar-refractivity contribution in [2.45, 2.75) is 26.9 Å². The second kappa shape index (κ2) is 6.91. The van der Waals surface area contributed by atoms with Crippen molar-refractivity contribution in [1.82, 2.24) is 14.9 Å². The highest BCUT2D eigenvalue weighted by molar-refractivity contribution is 6.02.